The second-order valence-electron chi connectivity index (χ2n) is 7.22. The van der Waals surface area contributed by atoms with Crippen molar-refractivity contribution in [3.05, 3.63) is 71.8 Å². The first-order valence-corrected chi connectivity index (χ1v) is 9.97. The molecule has 3 rings (SSSR count). The Morgan fingerprint density at radius 1 is 0.931 bits per heavy atom. The number of carbonyl (C=O) groups excluding carboxylic acids is 3. The Kier molecular flexibility index (Phi) is 7.39. The largest absolute Gasteiger partial charge is 0.456 e. The number of hydrogen-bond donors (Lipinski definition) is 2. The van der Waals surface area contributed by atoms with Gasteiger partial charge in [-0.25, -0.2) is 0 Å². The highest BCUT2D eigenvalue weighted by atomic mass is 16.5. The highest BCUT2D eigenvalue weighted by molar-refractivity contribution is 5.94. The molecule has 1 atom stereocenters. The van der Waals surface area contributed by atoms with Crippen molar-refractivity contribution < 1.29 is 19.1 Å². The Bertz CT molecular complexity index is 817. The molecule has 1 saturated carbocycles. The van der Waals surface area contributed by atoms with E-state index in [-0.39, 0.29) is 30.9 Å². The molecule has 1 aliphatic rings. The molecule has 2 N–H and O–H groups in total. The van der Waals surface area contributed by atoms with Crippen molar-refractivity contribution >= 4 is 17.8 Å². The Morgan fingerprint density at radius 2 is 1.55 bits per heavy atom. The molecule has 2 aromatic rings. The summed E-state index contributed by atoms with van der Waals surface area (Å²) in [6, 6.07) is 17.7. The van der Waals surface area contributed by atoms with Crippen LogP contribution in [0.2, 0.25) is 0 Å². The van der Waals surface area contributed by atoms with Gasteiger partial charge in [0.1, 0.15) is 0 Å². The van der Waals surface area contributed by atoms with E-state index in [1.54, 1.807) is 24.3 Å². The van der Waals surface area contributed by atoms with E-state index >= 15 is 0 Å². The lowest BCUT2D eigenvalue weighted by Gasteiger charge is -2.19. The van der Waals surface area contributed by atoms with Crippen molar-refractivity contribution in [2.75, 3.05) is 6.61 Å². The maximum Gasteiger partial charge on any atom is 0.308 e. The molecule has 0 aliphatic heterocycles. The zero-order valence-corrected chi connectivity index (χ0v) is 16.3. The molecule has 1 fully saturated rings. The molecule has 29 heavy (non-hydrogen) atoms. The molecule has 0 aromatic heterocycles. The lowest BCUT2D eigenvalue weighted by Crippen LogP contribution is -2.36. The van der Waals surface area contributed by atoms with Crippen molar-refractivity contribution in [1.82, 2.24) is 10.6 Å². The second kappa shape index (κ2) is 10.4. The molecule has 0 radical (unpaired) electrons. The molecule has 0 unspecified atom stereocenters. The molecule has 6 heteroatoms. The summed E-state index contributed by atoms with van der Waals surface area (Å²) in [5.74, 6) is -1.09. The number of esters is 1. The van der Waals surface area contributed by atoms with Gasteiger partial charge in [0.05, 0.1) is 12.5 Å². The zero-order valence-electron chi connectivity index (χ0n) is 16.3. The Labute approximate surface area is 170 Å². The maximum atomic E-state index is 12.5. The summed E-state index contributed by atoms with van der Waals surface area (Å²) >= 11 is 0. The normalized spacial score (nSPS) is 14.8. The molecule has 0 bridgehead atoms. The number of ether oxygens (including phenoxy) is 1. The van der Waals surface area contributed by atoms with Gasteiger partial charge in [-0.2, -0.15) is 0 Å². The van der Waals surface area contributed by atoms with Gasteiger partial charge >= 0.3 is 5.97 Å². The molecular formula is C23H26N2O4. The first kappa shape index (κ1) is 20.6. The summed E-state index contributed by atoms with van der Waals surface area (Å²) in [7, 11) is 0. The monoisotopic (exact) mass is 394 g/mol. The minimum atomic E-state index is -0.547. The van der Waals surface area contributed by atoms with Crippen LogP contribution in [-0.2, 0) is 14.3 Å². The van der Waals surface area contributed by atoms with Gasteiger partial charge in [0, 0.05) is 11.6 Å². The summed E-state index contributed by atoms with van der Waals surface area (Å²) in [4.78, 5) is 36.8. The van der Waals surface area contributed by atoms with Crippen molar-refractivity contribution in [1.29, 1.82) is 0 Å². The topological polar surface area (TPSA) is 84.5 Å². The van der Waals surface area contributed by atoms with E-state index in [4.69, 9.17) is 4.74 Å². The second-order valence-corrected chi connectivity index (χ2v) is 7.22. The summed E-state index contributed by atoms with van der Waals surface area (Å²) in [5, 5.41) is 5.77. The maximum absolute atomic E-state index is 12.5. The van der Waals surface area contributed by atoms with Gasteiger partial charge in [0.15, 0.2) is 6.61 Å². The third-order valence-corrected chi connectivity index (χ3v) is 5.00. The van der Waals surface area contributed by atoms with Gasteiger partial charge in [-0.15, -0.1) is 0 Å². The Balaban J connectivity index is 1.57. The van der Waals surface area contributed by atoms with E-state index in [1.165, 1.54) is 0 Å². The van der Waals surface area contributed by atoms with Crippen LogP contribution in [0, 0.1) is 0 Å². The van der Waals surface area contributed by atoms with Crippen LogP contribution in [0.25, 0.3) is 0 Å². The van der Waals surface area contributed by atoms with Gasteiger partial charge in [-0.05, 0) is 30.5 Å². The summed E-state index contributed by atoms with van der Waals surface area (Å²) in [6.45, 7) is -0.302. The number of nitrogens with one attached hydrogen (secondary N) is 2. The summed E-state index contributed by atoms with van der Waals surface area (Å²) < 4.78 is 5.15. The highest BCUT2D eigenvalue weighted by Gasteiger charge is 2.22. The number of carbonyl (C=O) groups is 3. The molecule has 0 heterocycles. The number of hydrogen-bond acceptors (Lipinski definition) is 4. The van der Waals surface area contributed by atoms with Crippen LogP contribution < -0.4 is 10.6 Å². The van der Waals surface area contributed by atoms with Crippen LogP contribution >= 0.6 is 0 Å². The third-order valence-electron chi connectivity index (χ3n) is 5.00. The van der Waals surface area contributed by atoms with Crippen LogP contribution in [0.1, 0.15) is 54.1 Å². The van der Waals surface area contributed by atoms with Gasteiger partial charge < -0.3 is 15.4 Å². The predicted molar refractivity (Wildman–Crippen MR) is 109 cm³/mol. The van der Waals surface area contributed by atoms with Crippen molar-refractivity contribution in [2.45, 2.75) is 44.2 Å². The van der Waals surface area contributed by atoms with E-state index in [0.29, 0.717) is 5.56 Å². The third kappa shape index (κ3) is 6.45. The van der Waals surface area contributed by atoms with E-state index in [0.717, 1.165) is 31.2 Å². The molecule has 0 spiro atoms. The fraction of sp³-hybridized carbons (Fsp3) is 0.348. The van der Waals surface area contributed by atoms with Crippen molar-refractivity contribution in [3.8, 4) is 0 Å². The van der Waals surface area contributed by atoms with E-state index < -0.39 is 12.0 Å². The molecule has 2 aromatic carbocycles. The first-order chi connectivity index (χ1) is 14.1. The van der Waals surface area contributed by atoms with Crippen molar-refractivity contribution in [3.63, 3.8) is 0 Å². The average Bonchev–Trinajstić information content (AvgIpc) is 3.26. The molecule has 0 saturated heterocycles. The van der Waals surface area contributed by atoms with Crippen LogP contribution in [0.3, 0.4) is 0 Å². The zero-order chi connectivity index (χ0) is 20.5. The van der Waals surface area contributed by atoms with Gasteiger partial charge in [-0.3, -0.25) is 14.4 Å². The van der Waals surface area contributed by atoms with E-state index in [2.05, 4.69) is 10.6 Å². The van der Waals surface area contributed by atoms with Crippen molar-refractivity contribution in [2.24, 2.45) is 0 Å². The van der Waals surface area contributed by atoms with E-state index in [1.807, 2.05) is 36.4 Å². The average molecular weight is 394 g/mol. The minimum Gasteiger partial charge on any atom is -0.456 e. The fourth-order valence-corrected chi connectivity index (χ4v) is 3.48. The Hall–Kier alpha value is -3.15. The van der Waals surface area contributed by atoms with E-state index in [9.17, 15) is 14.4 Å². The van der Waals surface area contributed by atoms with Crippen LogP contribution in [-0.4, -0.2) is 30.4 Å². The smallest absolute Gasteiger partial charge is 0.308 e. The quantitative estimate of drug-likeness (QED) is 0.674. The number of amides is 2. The predicted octanol–water partition coefficient (Wildman–Crippen LogP) is 3.15. The first-order valence-electron chi connectivity index (χ1n) is 9.97. The van der Waals surface area contributed by atoms with Crippen LogP contribution in [0.5, 0.6) is 0 Å². The van der Waals surface area contributed by atoms with Gasteiger partial charge in [0.25, 0.3) is 11.8 Å². The minimum absolute atomic E-state index is 0.0563. The lowest BCUT2D eigenvalue weighted by atomic mass is 10.0. The summed E-state index contributed by atoms with van der Waals surface area (Å²) in [6.07, 6.45) is 4.12. The Morgan fingerprint density at radius 3 is 2.21 bits per heavy atom. The molecule has 2 amide bonds. The molecule has 152 valence electrons. The molecule has 1 aliphatic carbocycles. The van der Waals surface area contributed by atoms with Gasteiger partial charge in [0.2, 0.25) is 0 Å². The number of benzene rings is 2. The van der Waals surface area contributed by atoms with Crippen LogP contribution in [0.4, 0.5) is 0 Å². The van der Waals surface area contributed by atoms with Crippen LogP contribution in [0.15, 0.2) is 60.7 Å². The SMILES string of the molecule is O=C(COC(=O)C[C@H](NC(=O)c1ccccc1)c1ccccc1)NC1CCCC1. The summed E-state index contributed by atoms with van der Waals surface area (Å²) in [5.41, 5.74) is 1.31. The number of rotatable bonds is 8. The lowest BCUT2D eigenvalue weighted by molar-refractivity contribution is -0.149. The standard InChI is InChI=1S/C23H26N2O4/c26-21(24-19-13-7-8-14-19)16-29-22(27)15-20(17-9-3-1-4-10-17)25-23(28)18-11-5-2-6-12-18/h1-6,9-12,19-20H,7-8,13-16H2,(H,24,26)(H,25,28)/t20-/m0/s1. The molecular weight excluding hydrogens is 368 g/mol. The highest BCUT2D eigenvalue weighted by Crippen LogP contribution is 2.19. The fourth-order valence-electron chi connectivity index (χ4n) is 3.48. The van der Waals surface area contributed by atoms with Gasteiger partial charge in [-0.1, -0.05) is 61.4 Å². The molecule has 6 nitrogen and oxygen atoms in total.